The van der Waals surface area contributed by atoms with Crippen molar-refractivity contribution >= 4 is 35.0 Å². The van der Waals surface area contributed by atoms with Gasteiger partial charge in [-0.2, -0.15) is 8.75 Å². The van der Waals surface area contributed by atoms with E-state index in [1.165, 1.54) is 13.1 Å². The Kier molecular flexibility index (Phi) is 3.63. The molecule has 0 saturated heterocycles. The minimum Gasteiger partial charge on any atom is -0.308 e. The number of hydrogen-bond donors (Lipinski definition) is 2. The van der Waals surface area contributed by atoms with Gasteiger partial charge in [0, 0.05) is 11.3 Å². The number of amides is 2. The van der Waals surface area contributed by atoms with Gasteiger partial charge in [0.2, 0.25) is 0 Å². The predicted molar refractivity (Wildman–Crippen MR) is 69.0 cm³/mol. The van der Waals surface area contributed by atoms with E-state index in [4.69, 9.17) is 0 Å². The van der Waals surface area contributed by atoms with Gasteiger partial charge in [-0.1, -0.05) is 12.1 Å². The number of hydrogen-bond acceptors (Lipinski definition) is 5. The molecule has 0 aliphatic carbocycles. The number of Topliss-reactive ketones (excluding diaryl/α,β-unsaturated/α-hetero) is 1. The lowest BCUT2D eigenvalue weighted by atomic mass is 10.1. The van der Waals surface area contributed by atoms with Crippen LogP contribution in [0.1, 0.15) is 17.3 Å². The van der Waals surface area contributed by atoms with Crippen LogP contribution in [0.5, 0.6) is 0 Å². The molecule has 2 N–H and O–H groups in total. The normalized spacial score (nSPS) is 9.83. The van der Waals surface area contributed by atoms with Crippen LogP contribution in [-0.4, -0.2) is 20.6 Å². The Hall–Kier alpha value is -2.28. The molecule has 0 radical (unpaired) electrons. The van der Waals surface area contributed by atoms with Crippen LogP contribution < -0.4 is 10.6 Å². The summed E-state index contributed by atoms with van der Waals surface area (Å²) >= 11 is 1.01. The smallest absolute Gasteiger partial charge is 0.308 e. The number of urea groups is 1. The standard InChI is InChI=1S/C11H10N4O2S/c1-7(16)8-3-2-4-9(5-8)13-11(17)14-10-6-12-18-15-10/h2-6H,1H3,(H2,13,14,15,17). The van der Waals surface area contributed by atoms with Gasteiger partial charge in [0.25, 0.3) is 0 Å². The summed E-state index contributed by atoms with van der Waals surface area (Å²) in [4.78, 5) is 22.8. The zero-order chi connectivity index (χ0) is 13.0. The summed E-state index contributed by atoms with van der Waals surface area (Å²) in [5.74, 6) is 0.336. The largest absolute Gasteiger partial charge is 0.324 e. The molecule has 2 rings (SSSR count). The van der Waals surface area contributed by atoms with Gasteiger partial charge in [0.15, 0.2) is 11.6 Å². The summed E-state index contributed by atoms with van der Waals surface area (Å²) in [7, 11) is 0. The van der Waals surface area contributed by atoms with Crippen molar-refractivity contribution in [2.75, 3.05) is 10.6 Å². The van der Waals surface area contributed by atoms with Crippen molar-refractivity contribution in [3.8, 4) is 0 Å². The molecule has 0 aliphatic heterocycles. The molecule has 7 heteroatoms. The van der Waals surface area contributed by atoms with E-state index >= 15 is 0 Å². The molecule has 6 nitrogen and oxygen atoms in total. The molecule has 1 aromatic carbocycles. The third-order valence-electron chi connectivity index (χ3n) is 2.13. The van der Waals surface area contributed by atoms with Crippen molar-refractivity contribution in [3.05, 3.63) is 36.0 Å². The van der Waals surface area contributed by atoms with E-state index in [-0.39, 0.29) is 5.78 Å². The van der Waals surface area contributed by atoms with Gasteiger partial charge in [-0.3, -0.25) is 10.1 Å². The van der Waals surface area contributed by atoms with E-state index in [0.29, 0.717) is 17.1 Å². The highest BCUT2D eigenvalue weighted by atomic mass is 32.1. The summed E-state index contributed by atoms with van der Waals surface area (Å²) in [5, 5.41) is 5.13. The van der Waals surface area contributed by atoms with Crippen molar-refractivity contribution in [1.29, 1.82) is 0 Å². The van der Waals surface area contributed by atoms with Crippen LogP contribution in [0.25, 0.3) is 0 Å². The fourth-order valence-electron chi connectivity index (χ4n) is 1.31. The van der Waals surface area contributed by atoms with Crippen LogP contribution in [0.4, 0.5) is 16.3 Å². The van der Waals surface area contributed by atoms with Crippen LogP contribution in [-0.2, 0) is 0 Å². The molecule has 0 spiro atoms. The van der Waals surface area contributed by atoms with Gasteiger partial charge in [0.05, 0.1) is 17.9 Å². The number of benzene rings is 1. The van der Waals surface area contributed by atoms with E-state index in [9.17, 15) is 9.59 Å². The van der Waals surface area contributed by atoms with Crippen molar-refractivity contribution in [2.45, 2.75) is 6.92 Å². The molecule has 1 aromatic heterocycles. The summed E-state index contributed by atoms with van der Waals surface area (Å²) in [6, 6.07) is 6.28. The summed E-state index contributed by atoms with van der Waals surface area (Å²) in [6.07, 6.45) is 1.45. The monoisotopic (exact) mass is 262 g/mol. The molecule has 92 valence electrons. The second kappa shape index (κ2) is 5.37. The lowest BCUT2D eigenvalue weighted by Crippen LogP contribution is -2.19. The van der Waals surface area contributed by atoms with E-state index in [2.05, 4.69) is 19.4 Å². The number of carbonyl (C=O) groups is 2. The van der Waals surface area contributed by atoms with Crippen molar-refractivity contribution in [1.82, 2.24) is 8.75 Å². The van der Waals surface area contributed by atoms with Crippen molar-refractivity contribution < 1.29 is 9.59 Å². The Labute approximate surface area is 107 Å². The highest BCUT2D eigenvalue weighted by Gasteiger charge is 2.06. The Morgan fingerprint density at radius 1 is 1.28 bits per heavy atom. The molecule has 0 aliphatic rings. The van der Waals surface area contributed by atoms with Gasteiger partial charge < -0.3 is 5.32 Å². The number of carbonyl (C=O) groups excluding carboxylic acids is 2. The third kappa shape index (κ3) is 3.11. The Balaban J connectivity index is 2.03. The topological polar surface area (TPSA) is 84.0 Å². The fraction of sp³-hybridized carbons (Fsp3) is 0.0909. The van der Waals surface area contributed by atoms with Crippen molar-refractivity contribution in [2.24, 2.45) is 0 Å². The third-order valence-corrected chi connectivity index (χ3v) is 2.61. The average Bonchev–Trinajstić information content (AvgIpc) is 2.82. The lowest BCUT2D eigenvalue weighted by Gasteiger charge is -2.06. The minimum atomic E-state index is -0.427. The Morgan fingerprint density at radius 2 is 2.11 bits per heavy atom. The molecule has 1 heterocycles. The second-order valence-electron chi connectivity index (χ2n) is 3.51. The van der Waals surface area contributed by atoms with Crippen LogP contribution in [0.15, 0.2) is 30.5 Å². The molecule has 0 bridgehead atoms. The van der Waals surface area contributed by atoms with E-state index in [1.807, 2.05) is 0 Å². The SMILES string of the molecule is CC(=O)c1cccc(NC(=O)Nc2cnsn2)c1. The first-order chi connectivity index (χ1) is 8.65. The number of nitrogens with one attached hydrogen (secondary N) is 2. The highest BCUT2D eigenvalue weighted by molar-refractivity contribution is 6.99. The molecular weight excluding hydrogens is 252 g/mol. The van der Waals surface area contributed by atoms with Gasteiger partial charge in [0.1, 0.15) is 0 Å². The molecule has 2 aromatic rings. The van der Waals surface area contributed by atoms with E-state index in [1.54, 1.807) is 24.3 Å². The molecular formula is C11H10N4O2S. The zero-order valence-corrected chi connectivity index (χ0v) is 10.3. The Morgan fingerprint density at radius 3 is 2.78 bits per heavy atom. The van der Waals surface area contributed by atoms with E-state index in [0.717, 1.165) is 11.7 Å². The lowest BCUT2D eigenvalue weighted by molar-refractivity contribution is 0.101. The molecule has 2 amide bonds. The average molecular weight is 262 g/mol. The summed E-state index contributed by atoms with van der Waals surface area (Å²) in [6.45, 7) is 1.47. The molecule has 0 atom stereocenters. The molecule has 0 unspecified atom stereocenters. The zero-order valence-electron chi connectivity index (χ0n) is 9.51. The summed E-state index contributed by atoms with van der Waals surface area (Å²) < 4.78 is 7.61. The molecule has 18 heavy (non-hydrogen) atoms. The maximum Gasteiger partial charge on any atom is 0.324 e. The van der Waals surface area contributed by atoms with Gasteiger partial charge in [-0.15, -0.1) is 0 Å². The first-order valence-corrected chi connectivity index (χ1v) is 5.85. The maximum absolute atomic E-state index is 11.6. The molecule has 0 fully saturated rings. The number of anilines is 2. The van der Waals surface area contributed by atoms with Crippen molar-refractivity contribution in [3.63, 3.8) is 0 Å². The minimum absolute atomic E-state index is 0.0530. The van der Waals surface area contributed by atoms with Gasteiger partial charge >= 0.3 is 6.03 Å². The maximum atomic E-state index is 11.6. The molecule has 0 saturated carbocycles. The predicted octanol–water partition coefficient (Wildman–Crippen LogP) is 2.38. The number of aromatic nitrogens is 2. The van der Waals surface area contributed by atoms with Gasteiger partial charge in [-0.25, -0.2) is 4.79 Å². The van der Waals surface area contributed by atoms with Crippen LogP contribution in [0.3, 0.4) is 0 Å². The highest BCUT2D eigenvalue weighted by Crippen LogP contribution is 2.12. The van der Waals surface area contributed by atoms with Crippen LogP contribution in [0.2, 0.25) is 0 Å². The first kappa shape index (κ1) is 12.2. The van der Waals surface area contributed by atoms with E-state index < -0.39 is 6.03 Å². The number of nitrogens with zero attached hydrogens (tertiary/aromatic N) is 2. The Bertz CT molecular complexity index is 568. The fourth-order valence-corrected chi connectivity index (χ4v) is 1.69. The second-order valence-corrected chi connectivity index (χ2v) is 4.07. The van der Waals surface area contributed by atoms with Gasteiger partial charge in [-0.05, 0) is 19.1 Å². The first-order valence-electron chi connectivity index (χ1n) is 5.12. The van der Waals surface area contributed by atoms with Crippen LogP contribution in [0, 0.1) is 0 Å². The number of ketones is 1. The van der Waals surface area contributed by atoms with Crippen LogP contribution >= 0.6 is 11.7 Å². The quantitative estimate of drug-likeness (QED) is 0.832. The summed E-state index contributed by atoms with van der Waals surface area (Å²) in [5.41, 5.74) is 1.09. The number of rotatable bonds is 3.